The minimum atomic E-state index is -2.12. The summed E-state index contributed by atoms with van der Waals surface area (Å²) < 4.78 is 55.5. The first kappa shape index (κ1) is 57.7. The van der Waals surface area contributed by atoms with Crippen LogP contribution < -0.4 is 0 Å². The molecule has 0 N–H and O–H groups in total. The molecule has 0 aromatic carbocycles. The van der Waals surface area contributed by atoms with Crippen molar-refractivity contribution in [1.29, 1.82) is 0 Å². The van der Waals surface area contributed by atoms with Gasteiger partial charge in [-0.2, -0.15) is 0 Å². The molecule has 0 amide bonds. The van der Waals surface area contributed by atoms with Gasteiger partial charge in [0.05, 0.1) is 36.6 Å². The van der Waals surface area contributed by atoms with Crippen LogP contribution >= 0.6 is 0 Å². The van der Waals surface area contributed by atoms with Crippen LogP contribution in [-0.2, 0) is 51.9 Å². The monoisotopic (exact) mass is 919 g/mol. The maximum atomic E-state index is 13.7. The van der Waals surface area contributed by atoms with Crippen molar-refractivity contribution in [3.8, 4) is 0 Å². The van der Waals surface area contributed by atoms with E-state index < -0.39 is 20.4 Å². The van der Waals surface area contributed by atoms with Crippen molar-refractivity contribution in [2.24, 2.45) is 29.6 Å². The Balaban J connectivity index is 2.58. The number of fused-ring (bicyclic) bond motifs is 2. The van der Waals surface area contributed by atoms with E-state index in [2.05, 4.69) is 100 Å². The van der Waals surface area contributed by atoms with Gasteiger partial charge < -0.3 is 42.3 Å². The number of cyclic esters (lactones) is 1. The molecule has 368 valence electrons. The van der Waals surface area contributed by atoms with Crippen LogP contribution in [0.1, 0.15) is 115 Å². The van der Waals surface area contributed by atoms with Crippen molar-refractivity contribution in [2.45, 2.75) is 181 Å². The van der Waals surface area contributed by atoms with E-state index in [0.717, 1.165) is 11.1 Å². The molecule has 2 rings (SSSR count). The van der Waals surface area contributed by atoms with Gasteiger partial charge in [-0.25, -0.2) is 9.59 Å². The van der Waals surface area contributed by atoms with Crippen LogP contribution in [0.5, 0.6) is 0 Å². The molecule has 2 heterocycles. The first-order valence-electron chi connectivity index (χ1n) is 23.8. The summed E-state index contributed by atoms with van der Waals surface area (Å²) in [7, 11) is 8.12. The topological polar surface area (TPSA) is 117 Å². The summed E-state index contributed by atoms with van der Waals surface area (Å²) in [6, 6.07) is 0. The van der Waals surface area contributed by atoms with E-state index >= 15 is 0 Å². The van der Waals surface area contributed by atoms with Crippen molar-refractivity contribution >= 4 is 20.3 Å². The molecule has 0 aromatic rings. The van der Waals surface area contributed by atoms with E-state index in [1.165, 1.54) is 6.08 Å². The summed E-state index contributed by atoms with van der Waals surface area (Å²) in [6.45, 7) is 26.9. The highest BCUT2D eigenvalue weighted by atomic mass is 28.4. The van der Waals surface area contributed by atoms with Gasteiger partial charge in [0, 0.05) is 110 Å². The first-order chi connectivity index (χ1) is 30.2. The molecule has 0 aliphatic carbocycles. The normalized spacial score (nSPS) is 32.8. The van der Waals surface area contributed by atoms with Crippen molar-refractivity contribution in [3.63, 3.8) is 0 Å². The van der Waals surface area contributed by atoms with E-state index in [4.69, 9.17) is 42.3 Å². The number of carbonyl (C=O) groups is 2. The number of esters is 2. The number of carbonyl (C=O) groups excluding carboxylic acids is 2. The van der Waals surface area contributed by atoms with Crippen molar-refractivity contribution in [1.82, 2.24) is 0 Å². The second-order valence-electron chi connectivity index (χ2n) is 19.6. The Hall–Kier alpha value is -2.42. The molecule has 0 spiro atoms. The molecule has 0 saturated heterocycles. The third kappa shape index (κ3) is 17.0. The van der Waals surface area contributed by atoms with Crippen LogP contribution in [0.4, 0.5) is 0 Å². The standard InChI is InChI=1S/C52H90O11Si/c1-33(2)64(34(3)4,35(5)6)61-32-39(10)51(60-18)41(12)52-38(9)23-25-43(55-13)30-46(58-16)37(8)22-24-44(56-14)31-47(59-17)40(11)48-28-42(29-50(54)62-48)27-45(57-15)26-36(7)20-19-21-49(53)63-52/h19-25,29,33-35,37-41,43-48,51-52H,26-28,30-32H2,1-18H3/b21-19+,24-22+,25-23+,36-20+/t37-,38-,39-,40+,41-,43-,44+,45+,46-,47-,48+,51-,52-/m0/s1. The molecule has 0 aromatic heterocycles. The van der Waals surface area contributed by atoms with E-state index in [-0.39, 0.29) is 78.3 Å². The second-order valence-corrected chi connectivity index (χ2v) is 25.1. The Labute approximate surface area is 390 Å². The Kier molecular flexibility index (Phi) is 25.9. The molecular weight excluding hydrogens is 829 g/mol. The summed E-state index contributed by atoms with van der Waals surface area (Å²) >= 11 is 0. The number of hydrogen-bond donors (Lipinski definition) is 0. The summed E-state index contributed by atoms with van der Waals surface area (Å²) in [5.74, 6) is -1.20. The summed E-state index contributed by atoms with van der Waals surface area (Å²) in [5, 5.41) is 0. The van der Waals surface area contributed by atoms with Gasteiger partial charge in [0.25, 0.3) is 0 Å². The Morgan fingerprint density at radius 3 is 1.75 bits per heavy atom. The average Bonchev–Trinajstić information content (AvgIpc) is 3.24. The number of rotatable bonds is 15. The zero-order chi connectivity index (χ0) is 48.3. The van der Waals surface area contributed by atoms with Gasteiger partial charge in [0.1, 0.15) is 12.2 Å². The molecule has 0 radical (unpaired) electrons. The highest BCUT2D eigenvalue weighted by Crippen LogP contribution is 2.43. The van der Waals surface area contributed by atoms with Gasteiger partial charge in [-0.3, -0.25) is 0 Å². The zero-order valence-corrected chi connectivity index (χ0v) is 44.1. The molecule has 0 unspecified atom stereocenters. The lowest BCUT2D eigenvalue weighted by Gasteiger charge is -2.44. The van der Waals surface area contributed by atoms with Gasteiger partial charge in [0.2, 0.25) is 0 Å². The van der Waals surface area contributed by atoms with Crippen LogP contribution in [-0.4, -0.2) is 118 Å². The Bertz CT molecular complexity index is 1510. The lowest BCUT2D eigenvalue weighted by molar-refractivity contribution is -0.153. The van der Waals surface area contributed by atoms with Crippen LogP contribution in [0.15, 0.2) is 59.8 Å². The van der Waals surface area contributed by atoms with Crippen LogP contribution in [0.2, 0.25) is 16.6 Å². The van der Waals surface area contributed by atoms with E-state index in [1.807, 2.05) is 13.0 Å². The molecule has 2 aliphatic heterocycles. The zero-order valence-electron chi connectivity index (χ0n) is 43.1. The van der Waals surface area contributed by atoms with Gasteiger partial charge in [-0.15, -0.1) is 0 Å². The smallest absolute Gasteiger partial charge is 0.331 e. The fourth-order valence-electron chi connectivity index (χ4n) is 10.4. The molecule has 2 aliphatic rings. The molecule has 13 atom stereocenters. The highest BCUT2D eigenvalue weighted by molar-refractivity contribution is 6.77. The number of methoxy groups -OCH3 is 6. The Morgan fingerprint density at radius 2 is 1.23 bits per heavy atom. The lowest BCUT2D eigenvalue weighted by atomic mass is 9.83. The second kappa shape index (κ2) is 28.7. The number of allylic oxidation sites excluding steroid dienone is 2. The Morgan fingerprint density at radius 1 is 0.672 bits per heavy atom. The van der Waals surface area contributed by atoms with E-state index in [9.17, 15) is 9.59 Å². The van der Waals surface area contributed by atoms with Crippen molar-refractivity contribution in [3.05, 3.63) is 59.8 Å². The third-order valence-electron chi connectivity index (χ3n) is 14.1. The largest absolute Gasteiger partial charge is 0.458 e. The molecule has 11 nitrogen and oxygen atoms in total. The summed E-state index contributed by atoms with van der Waals surface area (Å²) in [6.07, 6.45) is 15.8. The molecule has 2 bridgehead atoms. The SMILES string of the molecule is CO[C@H]1CC2=CC(=O)O[C@H](C2)[C@H](C)[C@@H](OC)C[C@H](OC)/C=C/[C@H](C)[C@@H](OC)C[C@@H](OC)/C=C/[C@H](C)[C@@H]([C@@H](C)[C@@H](OC)[C@@H](C)CO[Si](C(C)C)(C(C)C)C(C)C)OC(=O)/C=C/C=C(\C)C1. The van der Waals surface area contributed by atoms with Gasteiger partial charge >= 0.3 is 11.9 Å². The predicted molar refractivity (Wildman–Crippen MR) is 260 cm³/mol. The highest BCUT2D eigenvalue weighted by Gasteiger charge is 2.46. The minimum Gasteiger partial charge on any atom is -0.458 e. The van der Waals surface area contributed by atoms with Crippen molar-refractivity contribution in [2.75, 3.05) is 49.3 Å². The minimum absolute atomic E-state index is 0.0251. The van der Waals surface area contributed by atoms with Crippen molar-refractivity contribution < 1.29 is 51.9 Å². The maximum absolute atomic E-state index is 13.7. The summed E-state index contributed by atoms with van der Waals surface area (Å²) in [4.78, 5) is 26.6. The third-order valence-corrected chi connectivity index (χ3v) is 20.2. The van der Waals surface area contributed by atoms with Gasteiger partial charge in [-0.1, -0.05) is 124 Å². The number of ether oxygens (including phenoxy) is 8. The molecular formula is C52H90O11Si. The van der Waals surface area contributed by atoms with E-state index in [0.29, 0.717) is 55.3 Å². The maximum Gasteiger partial charge on any atom is 0.331 e. The van der Waals surface area contributed by atoms with Crippen LogP contribution in [0, 0.1) is 29.6 Å². The fourth-order valence-corrected chi connectivity index (χ4v) is 15.9. The first-order valence-corrected chi connectivity index (χ1v) is 26.0. The molecule has 0 saturated carbocycles. The van der Waals surface area contributed by atoms with Crippen LogP contribution in [0.25, 0.3) is 0 Å². The van der Waals surface area contributed by atoms with Crippen LogP contribution in [0.3, 0.4) is 0 Å². The molecule has 64 heavy (non-hydrogen) atoms. The lowest BCUT2D eigenvalue weighted by Crippen LogP contribution is -2.50. The van der Waals surface area contributed by atoms with E-state index in [1.54, 1.807) is 54.8 Å². The predicted octanol–water partition coefficient (Wildman–Crippen LogP) is 10.8. The van der Waals surface area contributed by atoms with Gasteiger partial charge in [0.15, 0.2) is 8.32 Å². The number of hydrogen-bond acceptors (Lipinski definition) is 11. The van der Waals surface area contributed by atoms with Gasteiger partial charge in [-0.05, 0) is 36.4 Å². The fraction of sp³-hybridized carbons (Fsp3) is 0.769. The average molecular weight is 919 g/mol. The molecule has 0 fully saturated rings. The molecule has 12 heteroatoms. The summed E-state index contributed by atoms with van der Waals surface area (Å²) in [5.41, 5.74) is 3.37. The quantitative estimate of drug-likeness (QED) is 0.0888.